The minimum atomic E-state index is -0.964. The van der Waals surface area contributed by atoms with Gasteiger partial charge in [-0.3, -0.25) is 9.59 Å². The Hall–Kier alpha value is -2.32. The molecular weight excluding hydrogens is 308 g/mol. The number of nitrogens with zero attached hydrogens (tertiary/aromatic N) is 2. The highest BCUT2D eigenvalue weighted by Crippen LogP contribution is 2.15. The molecule has 0 N–H and O–H groups in total. The molecule has 130 valence electrons. The Morgan fingerprint density at radius 2 is 1.83 bits per heavy atom. The molecule has 0 saturated carbocycles. The lowest BCUT2D eigenvalue weighted by Gasteiger charge is -2.37. The smallest absolute Gasteiger partial charge is 0.409 e. The third-order valence-electron chi connectivity index (χ3n) is 3.27. The maximum Gasteiger partial charge on any atom is 0.409 e. The Morgan fingerprint density at radius 3 is 2.35 bits per heavy atom. The molecule has 1 heterocycles. The van der Waals surface area contributed by atoms with Gasteiger partial charge in [-0.25, -0.2) is 9.59 Å². The Kier molecular flexibility index (Phi) is 6.35. The van der Waals surface area contributed by atoms with Crippen molar-refractivity contribution in [3.8, 4) is 0 Å². The first-order chi connectivity index (χ1) is 10.7. The number of carbonyl (C=O) groups is 4. The molecule has 9 heteroatoms. The molecule has 0 bridgehead atoms. The highest BCUT2D eigenvalue weighted by molar-refractivity contribution is 5.80. The van der Waals surface area contributed by atoms with Gasteiger partial charge in [-0.05, 0) is 20.8 Å². The Morgan fingerprint density at radius 1 is 1.17 bits per heavy atom. The van der Waals surface area contributed by atoms with Crippen LogP contribution in [-0.2, 0) is 28.6 Å². The van der Waals surface area contributed by atoms with Crippen LogP contribution in [0.15, 0.2) is 0 Å². The van der Waals surface area contributed by atoms with E-state index < -0.39 is 36.3 Å². The molecule has 0 aromatic carbocycles. The fourth-order valence-corrected chi connectivity index (χ4v) is 1.88. The van der Waals surface area contributed by atoms with Crippen molar-refractivity contribution >= 4 is 24.4 Å². The maximum atomic E-state index is 12.1. The number of hydrogen-bond acceptors (Lipinski definition) is 7. The quantitative estimate of drug-likeness (QED) is 0.405. The molecule has 1 fully saturated rings. The summed E-state index contributed by atoms with van der Waals surface area (Å²) in [6, 6.07) is -0.964. The van der Waals surface area contributed by atoms with Crippen LogP contribution >= 0.6 is 0 Å². The SMILES string of the molecule is COC(=O)N1CCN(C=O)C(C(=O)OCOC(=O)C(C)(C)C)C1. The molecule has 0 aliphatic carbocycles. The second-order valence-electron chi connectivity index (χ2n) is 6.04. The van der Waals surface area contributed by atoms with Gasteiger partial charge in [-0.2, -0.15) is 0 Å². The van der Waals surface area contributed by atoms with Gasteiger partial charge >= 0.3 is 18.0 Å². The van der Waals surface area contributed by atoms with E-state index in [-0.39, 0.29) is 19.6 Å². The fourth-order valence-electron chi connectivity index (χ4n) is 1.88. The summed E-state index contributed by atoms with van der Waals surface area (Å²) in [6.45, 7) is 4.85. The molecule has 0 radical (unpaired) electrons. The van der Waals surface area contributed by atoms with Crippen molar-refractivity contribution in [2.45, 2.75) is 26.8 Å². The van der Waals surface area contributed by atoms with Crippen molar-refractivity contribution in [3.63, 3.8) is 0 Å². The Labute approximate surface area is 134 Å². The summed E-state index contributed by atoms with van der Waals surface area (Å²) in [7, 11) is 1.23. The van der Waals surface area contributed by atoms with Crippen LogP contribution in [0.3, 0.4) is 0 Å². The number of rotatable bonds is 4. The van der Waals surface area contributed by atoms with Gasteiger partial charge in [0.05, 0.1) is 19.1 Å². The van der Waals surface area contributed by atoms with Gasteiger partial charge in [0.2, 0.25) is 13.2 Å². The lowest BCUT2D eigenvalue weighted by Crippen LogP contribution is -2.57. The summed E-state index contributed by atoms with van der Waals surface area (Å²) in [6.07, 6.45) is -0.0747. The van der Waals surface area contributed by atoms with Crippen molar-refractivity contribution in [2.24, 2.45) is 5.41 Å². The van der Waals surface area contributed by atoms with Gasteiger partial charge < -0.3 is 24.0 Å². The molecule has 1 unspecified atom stereocenters. The van der Waals surface area contributed by atoms with E-state index >= 15 is 0 Å². The van der Waals surface area contributed by atoms with Gasteiger partial charge in [0, 0.05) is 13.1 Å². The largest absolute Gasteiger partial charge is 0.453 e. The van der Waals surface area contributed by atoms with Gasteiger partial charge in [0.25, 0.3) is 0 Å². The van der Waals surface area contributed by atoms with Crippen LogP contribution in [0, 0.1) is 5.41 Å². The molecule has 1 saturated heterocycles. The van der Waals surface area contributed by atoms with E-state index in [2.05, 4.69) is 4.74 Å². The van der Waals surface area contributed by atoms with E-state index in [1.165, 1.54) is 16.9 Å². The third kappa shape index (κ3) is 5.11. The van der Waals surface area contributed by atoms with Crippen LogP contribution in [0.2, 0.25) is 0 Å². The summed E-state index contributed by atoms with van der Waals surface area (Å²) < 4.78 is 14.3. The monoisotopic (exact) mass is 330 g/mol. The third-order valence-corrected chi connectivity index (χ3v) is 3.27. The zero-order chi connectivity index (χ0) is 17.6. The van der Waals surface area contributed by atoms with E-state index in [1.807, 2.05) is 0 Å². The zero-order valence-electron chi connectivity index (χ0n) is 13.7. The van der Waals surface area contributed by atoms with Crippen molar-refractivity contribution in [2.75, 3.05) is 33.5 Å². The summed E-state index contributed by atoms with van der Waals surface area (Å²) >= 11 is 0. The second-order valence-corrected chi connectivity index (χ2v) is 6.04. The topological polar surface area (TPSA) is 102 Å². The van der Waals surface area contributed by atoms with E-state index in [0.717, 1.165) is 0 Å². The van der Waals surface area contributed by atoms with Crippen LogP contribution in [0.25, 0.3) is 0 Å². The van der Waals surface area contributed by atoms with Gasteiger partial charge in [0.1, 0.15) is 6.04 Å². The molecule has 1 aliphatic heterocycles. The predicted octanol–water partition coefficient (Wildman–Crippen LogP) is -0.0146. The van der Waals surface area contributed by atoms with Crippen molar-refractivity contribution < 1.29 is 33.4 Å². The van der Waals surface area contributed by atoms with Crippen LogP contribution in [0.1, 0.15) is 20.8 Å². The summed E-state index contributed by atoms with van der Waals surface area (Å²) in [5.74, 6) is -1.27. The number of esters is 2. The van der Waals surface area contributed by atoms with E-state index in [0.29, 0.717) is 6.41 Å². The maximum absolute atomic E-state index is 12.1. The van der Waals surface area contributed by atoms with E-state index in [4.69, 9.17) is 9.47 Å². The number of ether oxygens (including phenoxy) is 3. The summed E-state index contributed by atoms with van der Waals surface area (Å²) in [5, 5.41) is 0. The van der Waals surface area contributed by atoms with Crippen LogP contribution in [0.4, 0.5) is 4.79 Å². The highest BCUT2D eigenvalue weighted by atomic mass is 16.7. The number of amides is 2. The number of hydrogen-bond donors (Lipinski definition) is 0. The van der Waals surface area contributed by atoms with Crippen molar-refractivity contribution in [1.29, 1.82) is 0 Å². The predicted molar refractivity (Wildman–Crippen MR) is 77.0 cm³/mol. The van der Waals surface area contributed by atoms with Gasteiger partial charge in [0.15, 0.2) is 0 Å². The molecule has 1 atom stereocenters. The molecule has 1 rings (SSSR count). The average molecular weight is 330 g/mol. The minimum Gasteiger partial charge on any atom is -0.453 e. The zero-order valence-corrected chi connectivity index (χ0v) is 13.7. The second kappa shape index (κ2) is 7.80. The normalized spacial score (nSPS) is 18.2. The lowest BCUT2D eigenvalue weighted by molar-refractivity contribution is -0.177. The Balaban J connectivity index is 2.58. The first kappa shape index (κ1) is 18.7. The van der Waals surface area contributed by atoms with E-state index in [9.17, 15) is 19.2 Å². The number of carbonyl (C=O) groups excluding carboxylic acids is 4. The molecule has 2 amide bonds. The summed E-state index contributed by atoms with van der Waals surface area (Å²) in [5.41, 5.74) is -0.715. The van der Waals surface area contributed by atoms with Gasteiger partial charge in [-0.1, -0.05) is 0 Å². The summed E-state index contributed by atoms with van der Waals surface area (Å²) in [4.78, 5) is 48.7. The van der Waals surface area contributed by atoms with Gasteiger partial charge in [-0.15, -0.1) is 0 Å². The molecule has 23 heavy (non-hydrogen) atoms. The molecule has 0 aromatic rings. The van der Waals surface area contributed by atoms with Crippen molar-refractivity contribution in [3.05, 3.63) is 0 Å². The standard InChI is InChI=1S/C14H22N2O7/c1-14(2,3)12(19)23-9-22-11(18)10-7-15(13(20)21-4)5-6-16(10)8-17/h8,10H,5-7,9H2,1-4H3. The first-order valence-corrected chi connectivity index (χ1v) is 7.08. The highest BCUT2D eigenvalue weighted by Gasteiger charge is 2.35. The number of piperazine rings is 1. The molecule has 1 aliphatic rings. The lowest BCUT2D eigenvalue weighted by atomic mass is 9.98. The van der Waals surface area contributed by atoms with Crippen LogP contribution < -0.4 is 0 Å². The molecule has 0 spiro atoms. The first-order valence-electron chi connectivity index (χ1n) is 7.08. The van der Waals surface area contributed by atoms with Crippen LogP contribution in [0.5, 0.6) is 0 Å². The molecular formula is C14H22N2O7. The van der Waals surface area contributed by atoms with Crippen LogP contribution in [-0.4, -0.2) is 73.8 Å². The average Bonchev–Trinajstić information content (AvgIpc) is 2.52. The van der Waals surface area contributed by atoms with E-state index in [1.54, 1.807) is 20.8 Å². The fraction of sp³-hybridized carbons (Fsp3) is 0.714. The Bertz CT molecular complexity index is 472. The van der Waals surface area contributed by atoms with Crippen molar-refractivity contribution in [1.82, 2.24) is 9.80 Å². The molecule has 9 nitrogen and oxygen atoms in total. The number of methoxy groups -OCH3 is 1. The minimum absolute atomic E-state index is 0.0442. The molecule has 0 aromatic heterocycles.